The highest BCUT2D eigenvalue weighted by atomic mass is 79.9. The average molecular weight is 325 g/mol. The molecule has 0 radical (unpaired) electrons. The van der Waals surface area contributed by atoms with Crippen molar-refractivity contribution in [1.29, 1.82) is 0 Å². The Bertz CT molecular complexity index is 287. The first kappa shape index (κ1) is 11.4. The molecule has 4 heteroatoms. The SMILES string of the molecule is C=C(C)CNCc1cc(Br)c(Br)s1. The van der Waals surface area contributed by atoms with Crippen LogP contribution in [-0.4, -0.2) is 6.54 Å². The van der Waals surface area contributed by atoms with Crippen LogP contribution < -0.4 is 5.32 Å². The van der Waals surface area contributed by atoms with E-state index in [1.165, 1.54) is 4.88 Å². The maximum atomic E-state index is 3.83. The standard InChI is InChI=1S/C9H11Br2NS/c1-6(2)4-12-5-7-3-8(10)9(11)13-7/h3,12H,1,4-5H2,2H3. The van der Waals surface area contributed by atoms with Gasteiger partial charge in [0.1, 0.15) is 0 Å². The van der Waals surface area contributed by atoms with Crippen LogP contribution in [0.25, 0.3) is 0 Å². The predicted octanol–water partition coefficient (Wildman–Crippen LogP) is 3.94. The van der Waals surface area contributed by atoms with Crippen LogP contribution in [-0.2, 0) is 6.54 Å². The van der Waals surface area contributed by atoms with Crippen molar-refractivity contribution in [3.05, 3.63) is 31.4 Å². The molecule has 1 aromatic rings. The summed E-state index contributed by atoms with van der Waals surface area (Å²) < 4.78 is 2.28. The van der Waals surface area contributed by atoms with Gasteiger partial charge in [-0.05, 0) is 44.8 Å². The summed E-state index contributed by atoms with van der Waals surface area (Å²) in [4.78, 5) is 1.32. The Hall–Kier alpha value is 0.360. The first-order valence-corrected chi connectivity index (χ1v) is 6.28. The highest BCUT2D eigenvalue weighted by Gasteiger charge is 2.02. The molecular weight excluding hydrogens is 314 g/mol. The number of nitrogens with one attached hydrogen (secondary N) is 1. The topological polar surface area (TPSA) is 12.0 Å². The lowest BCUT2D eigenvalue weighted by molar-refractivity contribution is 0.750. The Morgan fingerprint density at radius 3 is 2.77 bits per heavy atom. The van der Waals surface area contributed by atoms with Gasteiger partial charge in [0.05, 0.1) is 3.79 Å². The Morgan fingerprint density at radius 2 is 2.31 bits per heavy atom. The molecule has 0 unspecified atom stereocenters. The number of hydrogen-bond acceptors (Lipinski definition) is 2. The number of thiophene rings is 1. The molecule has 0 aliphatic rings. The lowest BCUT2D eigenvalue weighted by atomic mass is 10.3. The van der Waals surface area contributed by atoms with E-state index in [9.17, 15) is 0 Å². The van der Waals surface area contributed by atoms with E-state index in [2.05, 4.69) is 49.8 Å². The highest BCUT2D eigenvalue weighted by molar-refractivity contribution is 9.13. The van der Waals surface area contributed by atoms with Crippen molar-refractivity contribution in [2.45, 2.75) is 13.5 Å². The van der Waals surface area contributed by atoms with E-state index in [0.29, 0.717) is 0 Å². The molecule has 72 valence electrons. The molecule has 0 saturated carbocycles. The van der Waals surface area contributed by atoms with Crippen LogP contribution in [0, 0.1) is 0 Å². The van der Waals surface area contributed by atoms with E-state index in [-0.39, 0.29) is 0 Å². The minimum atomic E-state index is 0.882. The Labute approximate surface area is 99.5 Å². The van der Waals surface area contributed by atoms with Gasteiger partial charge in [0.2, 0.25) is 0 Å². The van der Waals surface area contributed by atoms with Crippen molar-refractivity contribution in [1.82, 2.24) is 5.32 Å². The third-order valence-electron chi connectivity index (χ3n) is 1.42. The van der Waals surface area contributed by atoms with Gasteiger partial charge in [0.25, 0.3) is 0 Å². The zero-order valence-corrected chi connectivity index (χ0v) is 11.4. The fourth-order valence-electron chi connectivity index (χ4n) is 0.878. The first-order chi connectivity index (χ1) is 6.09. The van der Waals surface area contributed by atoms with E-state index >= 15 is 0 Å². The van der Waals surface area contributed by atoms with Crippen LogP contribution in [0.3, 0.4) is 0 Å². The summed E-state index contributed by atoms with van der Waals surface area (Å²) in [5.74, 6) is 0. The Morgan fingerprint density at radius 1 is 1.62 bits per heavy atom. The van der Waals surface area contributed by atoms with E-state index in [0.717, 1.165) is 26.9 Å². The van der Waals surface area contributed by atoms with Crippen molar-refractivity contribution in [3.63, 3.8) is 0 Å². The summed E-state index contributed by atoms with van der Waals surface area (Å²) in [6, 6.07) is 2.13. The first-order valence-electron chi connectivity index (χ1n) is 3.88. The lowest BCUT2D eigenvalue weighted by Gasteiger charge is -2.00. The van der Waals surface area contributed by atoms with Gasteiger partial charge >= 0.3 is 0 Å². The summed E-state index contributed by atoms with van der Waals surface area (Å²) in [6.07, 6.45) is 0. The average Bonchev–Trinajstić information content (AvgIpc) is 2.30. The zero-order valence-electron chi connectivity index (χ0n) is 7.36. The van der Waals surface area contributed by atoms with Gasteiger partial charge in [0, 0.05) is 22.4 Å². The second-order valence-electron chi connectivity index (χ2n) is 2.90. The van der Waals surface area contributed by atoms with Crippen LogP contribution in [0.1, 0.15) is 11.8 Å². The normalized spacial score (nSPS) is 10.4. The molecule has 0 bridgehead atoms. The van der Waals surface area contributed by atoms with Crippen molar-refractivity contribution < 1.29 is 0 Å². The van der Waals surface area contributed by atoms with Gasteiger partial charge in [-0.2, -0.15) is 0 Å². The maximum Gasteiger partial charge on any atom is 0.0843 e. The molecule has 1 heterocycles. The van der Waals surface area contributed by atoms with Crippen LogP contribution in [0.2, 0.25) is 0 Å². The van der Waals surface area contributed by atoms with Crippen molar-refractivity contribution >= 4 is 43.2 Å². The molecule has 0 amide bonds. The fourth-order valence-corrected chi connectivity index (χ4v) is 3.02. The predicted molar refractivity (Wildman–Crippen MR) is 66.2 cm³/mol. The van der Waals surface area contributed by atoms with Gasteiger partial charge in [0.15, 0.2) is 0 Å². The molecule has 1 nitrogen and oxygen atoms in total. The van der Waals surface area contributed by atoms with Gasteiger partial charge in [-0.3, -0.25) is 0 Å². The molecule has 0 aromatic carbocycles. The maximum absolute atomic E-state index is 3.83. The van der Waals surface area contributed by atoms with Gasteiger partial charge in [-0.1, -0.05) is 12.2 Å². The van der Waals surface area contributed by atoms with E-state index in [4.69, 9.17) is 0 Å². The number of hydrogen-bond donors (Lipinski definition) is 1. The second kappa shape index (κ2) is 5.29. The minimum absolute atomic E-state index is 0.882. The summed E-state index contributed by atoms with van der Waals surface area (Å²) in [5.41, 5.74) is 1.16. The molecule has 0 aliphatic carbocycles. The van der Waals surface area contributed by atoms with Crippen molar-refractivity contribution in [2.75, 3.05) is 6.54 Å². The Balaban J connectivity index is 2.41. The zero-order chi connectivity index (χ0) is 9.84. The summed E-state index contributed by atoms with van der Waals surface area (Å²) >= 11 is 8.66. The molecule has 0 spiro atoms. The second-order valence-corrected chi connectivity index (χ2v) is 6.20. The molecular formula is C9H11Br2NS. The van der Waals surface area contributed by atoms with Crippen LogP contribution in [0.5, 0.6) is 0 Å². The quantitative estimate of drug-likeness (QED) is 0.827. The van der Waals surface area contributed by atoms with Crippen LogP contribution in [0.4, 0.5) is 0 Å². The molecule has 1 rings (SSSR count). The summed E-state index contributed by atoms with van der Waals surface area (Å²) in [5, 5.41) is 3.31. The lowest BCUT2D eigenvalue weighted by Crippen LogP contribution is -2.14. The molecule has 0 saturated heterocycles. The van der Waals surface area contributed by atoms with E-state index < -0.39 is 0 Å². The fraction of sp³-hybridized carbons (Fsp3) is 0.333. The molecule has 0 fully saturated rings. The number of rotatable bonds is 4. The largest absolute Gasteiger partial charge is 0.308 e. The smallest absolute Gasteiger partial charge is 0.0843 e. The third-order valence-corrected chi connectivity index (χ3v) is 4.68. The molecule has 1 N–H and O–H groups in total. The van der Waals surface area contributed by atoms with Crippen LogP contribution >= 0.6 is 43.2 Å². The number of halogens is 2. The highest BCUT2D eigenvalue weighted by Crippen LogP contribution is 2.32. The van der Waals surface area contributed by atoms with Crippen molar-refractivity contribution in [2.24, 2.45) is 0 Å². The summed E-state index contributed by atoms with van der Waals surface area (Å²) in [6.45, 7) is 7.64. The van der Waals surface area contributed by atoms with Gasteiger partial charge in [-0.25, -0.2) is 0 Å². The van der Waals surface area contributed by atoms with Gasteiger partial charge < -0.3 is 5.32 Å². The third kappa shape index (κ3) is 3.94. The van der Waals surface area contributed by atoms with E-state index in [1.54, 1.807) is 11.3 Å². The van der Waals surface area contributed by atoms with Gasteiger partial charge in [-0.15, -0.1) is 11.3 Å². The minimum Gasteiger partial charge on any atom is -0.308 e. The monoisotopic (exact) mass is 323 g/mol. The van der Waals surface area contributed by atoms with E-state index in [1.807, 2.05) is 6.92 Å². The van der Waals surface area contributed by atoms with Crippen molar-refractivity contribution in [3.8, 4) is 0 Å². The molecule has 0 aliphatic heterocycles. The van der Waals surface area contributed by atoms with Crippen LogP contribution in [0.15, 0.2) is 26.5 Å². The Kier molecular flexibility index (Phi) is 4.66. The molecule has 0 atom stereocenters. The molecule has 13 heavy (non-hydrogen) atoms. The summed E-state index contributed by atoms with van der Waals surface area (Å²) in [7, 11) is 0. The molecule has 1 aromatic heterocycles.